The van der Waals surface area contributed by atoms with E-state index in [1.54, 1.807) is 7.11 Å². The highest BCUT2D eigenvalue weighted by Gasteiger charge is 2.05. The minimum Gasteiger partial charge on any atom is -0.497 e. The normalized spacial score (nSPS) is 10.4. The van der Waals surface area contributed by atoms with Gasteiger partial charge in [-0.2, -0.15) is 0 Å². The van der Waals surface area contributed by atoms with Gasteiger partial charge in [-0.1, -0.05) is 6.07 Å². The summed E-state index contributed by atoms with van der Waals surface area (Å²) in [5.74, 6) is 2.62. The smallest absolute Gasteiger partial charge is 0.130 e. The zero-order chi connectivity index (χ0) is 13.0. The number of imidazole rings is 1. The summed E-state index contributed by atoms with van der Waals surface area (Å²) in [4.78, 5) is 4.29. The molecule has 0 aliphatic carbocycles. The van der Waals surface area contributed by atoms with E-state index in [1.807, 2.05) is 37.4 Å². The second-order valence-corrected chi connectivity index (χ2v) is 4.01. The monoisotopic (exact) mass is 246 g/mol. The summed E-state index contributed by atoms with van der Waals surface area (Å²) in [6.07, 6.45) is 1.86. The van der Waals surface area contributed by atoms with Crippen molar-refractivity contribution in [2.75, 3.05) is 7.11 Å². The summed E-state index contributed by atoms with van der Waals surface area (Å²) in [5.41, 5.74) is 1.08. The van der Waals surface area contributed by atoms with Crippen molar-refractivity contribution in [3.05, 3.63) is 42.0 Å². The van der Waals surface area contributed by atoms with Crippen molar-refractivity contribution in [1.29, 1.82) is 0 Å². The highest BCUT2D eigenvalue weighted by Crippen LogP contribution is 2.20. The number of aromatic nitrogens is 2. The molecule has 0 saturated carbocycles. The van der Waals surface area contributed by atoms with Crippen LogP contribution in [0.15, 0.2) is 30.5 Å². The minimum absolute atomic E-state index is 0.516. The Morgan fingerprint density at radius 1 is 1.28 bits per heavy atom. The molecule has 4 heteroatoms. The third-order valence-electron chi connectivity index (χ3n) is 2.88. The fourth-order valence-corrected chi connectivity index (χ4v) is 1.91. The van der Waals surface area contributed by atoms with Crippen LogP contribution in [0.3, 0.4) is 0 Å². The molecular formula is C14H18N2O2. The Morgan fingerprint density at radius 2 is 2.06 bits per heavy atom. The van der Waals surface area contributed by atoms with Crippen LogP contribution in [0.2, 0.25) is 0 Å². The summed E-state index contributed by atoms with van der Waals surface area (Å²) in [5, 5.41) is 0. The molecule has 0 amide bonds. The largest absolute Gasteiger partial charge is 0.497 e. The van der Waals surface area contributed by atoms with E-state index in [2.05, 4.69) is 16.5 Å². The Bertz CT molecular complexity index is 520. The number of aryl methyl sites for hydroxylation is 1. The van der Waals surface area contributed by atoms with Gasteiger partial charge in [-0.15, -0.1) is 0 Å². The van der Waals surface area contributed by atoms with E-state index in [-0.39, 0.29) is 0 Å². The van der Waals surface area contributed by atoms with Gasteiger partial charge in [-0.3, -0.25) is 0 Å². The first kappa shape index (κ1) is 12.5. The van der Waals surface area contributed by atoms with Gasteiger partial charge < -0.3 is 14.0 Å². The van der Waals surface area contributed by atoms with Crippen LogP contribution in [-0.2, 0) is 13.2 Å². The van der Waals surface area contributed by atoms with Gasteiger partial charge in [-0.25, -0.2) is 4.98 Å². The molecular weight excluding hydrogens is 228 g/mol. The lowest BCUT2D eigenvalue weighted by Gasteiger charge is -2.10. The number of methoxy groups -OCH3 is 1. The molecule has 4 nitrogen and oxygen atoms in total. The van der Waals surface area contributed by atoms with E-state index in [0.29, 0.717) is 6.61 Å². The maximum atomic E-state index is 5.75. The van der Waals surface area contributed by atoms with Crippen molar-refractivity contribution in [2.24, 2.45) is 0 Å². The molecule has 18 heavy (non-hydrogen) atoms. The summed E-state index contributed by atoms with van der Waals surface area (Å²) >= 11 is 0. The van der Waals surface area contributed by atoms with Crippen molar-refractivity contribution in [3.63, 3.8) is 0 Å². The van der Waals surface area contributed by atoms with Gasteiger partial charge in [-0.05, 0) is 26.0 Å². The van der Waals surface area contributed by atoms with Crippen LogP contribution >= 0.6 is 0 Å². The maximum Gasteiger partial charge on any atom is 0.130 e. The van der Waals surface area contributed by atoms with Crippen molar-refractivity contribution in [1.82, 2.24) is 9.55 Å². The van der Waals surface area contributed by atoms with Crippen LogP contribution in [0, 0.1) is 6.92 Å². The molecule has 0 fully saturated rings. The van der Waals surface area contributed by atoms with Crippen LogP contribution in [0.1, 0.15) is 18.4 Å². The molecule has 2 aromatic rings. The van der Waals surface area contributed by atoms with Gasteiger partial charge in [0.15, 0.2) is 0 Å². The van der Waals surface area contributed by atoms with Gasteiger partial charge in [0.25, 0.3) is 0 Å². The van der Waals surface area contributed by atoms with Crippen LogP contribution in [0.4, 0.5) is 0 Å². The van der Waals surface area contributed by atoms with E-state index in [9.17, 15) is 0 Å². The average Bonchev–Trinajstić information content (AvgIpc) is 2.77. The van der Waals surface area contributed by atoms with Gasteiger partial charge in [0, 0.05) is 12.6 Å². The molecule has 0 N–H and O–H groups in total. The van der Waals surface area contributed by atoms with Crippen molar-refractivity contribution in [2.45, 2.75) is 27.0 Å². The van der Waals surface area contributed by atoms with Crippen molar-refractivity contribution < 1.29 is 9.47 Å². The summed E-state index contributed by atoms with van der Waals surface area (Å²) in [6.45, 7) is 5.52. The second-order valence-electron chi connectivity index (χ2n) is 4.01. The Labute approximate surface area is 107 Å². The fraction of sp³-hybridized carbons (Fsp3) is 0.357. The summed E-state index contributed by atoms with van der Waals surface area (Å²) in [7, 11) is 1.65. The van der Waals surface area contributed by atoms with E-state index in [1.165, 1.54) is 0 Å². The Kier molecular flexibility index (Phi) is 3.87. The van der Waals surface area contributed by atoms with Crippen LogP contribution in [0.5, 0.6) is 11.5 Å². The second kappa shape index (κ2) is 5.58. The third-order valence-corrected chi connectivity index (χ3v) is 2.88. The van der Waals surface area contributed by atoms with E-state index in [4.69, 9.17) is 9.47 Å². The molecule has 0 aliphatic heterocycles. The van der Waals surface area contributed by atoms with E-state index >= 15 is 0 Å². The zero-order valence-electron chi connectivity index (χ0n) is 11.0. The van der Waals surface area contributed by atoms with Gasteiger partial charge in [0.2, 0.25) is 0 Å². The molecule has 1 aromatic heterocycles. The Morgan fingerprint density at radius 3 is 2.78 bits per heavy atom. The number of rotatable bonds is 5. The predicted octanol–water partition coefficient (Wildman–Crippen LogP) is 2.80. The fourth-order valence-electron chi connectivity index (χ4n) is 1.91. The van der Waals surface area contributed by atoms with E-state index in [0.717, 1.165) is 29.6 Å². The van der Waals surface area contributed by atoms with Gasteiger partial charge >= 0.3 is 0 Å². The Balaban J connectivity index is 2.06. The molecule has 1 aromatic carbocycles. The first-order chi connectivity index (χ1) is 8.74. The molecule has 0 aliphatic rings. The molecule has 0 spiro atoms. The van der Waals surface area contributed by atoms with Gasteiger partial charge in [0.1, 0.15) is 23.9 Å². The summed E-state index contributed by atoms with van der Waals surface area (Å²) < 4.78 is 13.0. The van der Waals surface area contributed by atoms with Crippen molar-refractivity contribution >= 4 is 0 Å². The molecule has 0 bridgehead atoms. The molecule has 0 atom stereocenters. The zero-order valence-corrected chi connectivity index (χ0v) is 11.0. The third kappa shape index (κ3) is 2.64. The molecule has 2 rings (SSSR count). The highest BCUT2D eigenvalue weighted by molar-refractivity contribution is 5.32. The lowest BCUT2D eigenvalue weighted by atomic mass is 10.3. The first-order valence-electron chi connectivity index (χ1n) is 6.02. The van der Waals surface area contributed by atoms with Gasteiger partial charge in [0.05, 0.1) is 19.0 Å². The quantitative estimate of drug-likeness (QED) is 0.814. The number of hydrogen-bond acceptors (Lipinski definition) is 3. The van der Waals surface area contributed by atoms with Crippen LogP contribution in [0.25, 0.3) is 0 Å². The van der Waals surface area contributed by atoms with E-state index < -0.39 is 0 Å². The minimum atomic E-state index is 0.516. The molecule has 0 unspecified atom stereocenters. The molecule has 96 valence electrons. The van der Waals surface area contributed by atoms with Crippen LogP contribution < -0.4 is 9.47 Å². The first-order valence-corrected chi connectivity index (χ1v) is 6.02. The standard InChI is InChI=1S/C14H18N2O2/c1-4-16-11(2)15-9-12(16)10-18-14-7-5-6-13(8-14)17-3/h5-9H,4,10H2,1-3H3. The molecule has 0 saturated heterocycles. The van der Waals surface area contributed by atoms with Crippen LogP contribution in [-0.4, -0.2) is 16.7 Å². The average molecular weight is 246 g/mol. The summed E-state index contributed by atoms with van der Waals surface area (Å²) in [6, 6.07) is 7.60. The predicted molar refractivity (Wildman–Crippen MR) is 70.0 cm³/mol. The van der Waals surface area contributed by atoms with Crippen molar-refractivity contribution in [3.8, 4) is 11.5 Å². The lowest BCUT2D eigenvalue weighted by molar-refractivity contribution is 0.293. The highest BCUT2D eigenvalue weighted by atomic mass is 16.5. The number of benzene rings is 1. The Hall–Kier alpha value is -1.97. The lowest BCUT2D eigenvalue weighted by Crippen LogP contribution is -2.06. The topological polar surface area (TPSA) is 36.3 Å². The number of ether oxygens (including phenoxy) is 2. The SMILES string of the molecule is CCn1c(COc2cccc(OC)c2)cnc1C. The maximum absolute atomic E-state index is 5.75. The molecule has 1 heterocycles. The number of nitrogens with zero attached hydrogens (tertiary/aromatic N) is 2. The number of hydrogen-bond donors (Lipinski definition) is 0. The molecule has 0 radical (unpaired) electrons.